The van der Waals surface area contributed by atoms with Crippen molar-refractivity contribution in [3.63, 3.8) is 0 Å². The highest BCUT2D eigenvalue weighted by Gasteiger charge is 2.30. The Morgan fingerprint density at radius 3 is 2.67 bits per heavy atom. The van der Waals surface area contributed by atoms with Crippen LogP contribution >= 0.6 is 15.9 Å². The third-order valence-electron chi connectivity index (χ3n) is 2.83. The maximum absolute atomic E-state index is 12.2. The Balaban J connectivity index is 2.29. The van der Waals surface area contributed by atoms with Crippen molar-refractivity contribution in [3.05, 3.63) is 27.7 Å². The molecule has 98 valence electrons. The molecule has 0 radical (unpaired) electrons. The van der Waals surface area contributed by atoms with Crippen LogP contribution in [0.1, 0.15) is 31.9 Å². The standard InChI is InChI=1S/C14H18BrNO2/c1-9-7-11(15)8-10-5-6-16(12(9)10)13(17)18-14(2,3)4/h7-8H,5-6H2,1-4H3. The van der Waals surface area contributed by atoms with Crippen molar-refractivity contribution in [1.29, 1.82) is 0 Å². The lowest BCUT2D eigenvalue weighted by atomic mass is 10.1. The van der Waals surface area contributed by atoms with Crippen molar-refractivity contribution in [2.45, 2.75) is 39.7 Å². The summed E-state index contributed by atoms with van der Waals surface area (Å²) in [4.78, 5) is 13.9. The van der Waals surface area contributed by atoms with Crippen LogP contribution in [0.3, 0.4) is 0 Å². The van der Waals surface area contributed by atoms with Crippen LogP contribution < -0.4 is 4.90 Å². The van der Waals surface area contributed by atoms with Crippen molar-refractivity contribution in [1.82, 2.24) is 0 Å². The van der Waals surface area contributed by atoms with Crippen LogP contribution in [-0.2, 0) is 11.2 Å². The van der Waals surface area contributed by atoms with E-state index in [9.17, 15) is 4.79 Å². The van der Waals surface area contributed by atoms with Crippen LogP contribution in [0.25, 0.3) is 0 Å². The van der Waals surface area contributed by atoms with E-state index in [4.69, 9.17) is 4.74 Å². The summed E-state index contributed by atoms with van der Waals surface area (Å²) in [6, 6.07) is 4.11. The normalized spacial score (nSPS) is 14.6. The first-order valence-electron chi connectivity index (χ1n) is 6.07. The molecule has 0 fully saturated rings. The monoisotopic (exact) mass is 311 g/mol. The highest BCUT2D eigenvalue weighted by Crippen LogP contribution is 2.35. The van der Waals surface area contributed by atoms with E-state index in [1.54, 1.807) is 4.90 Å². The first-order chi connectivity index (χ1) is 8.28. The average molecular weight is 312 g/mol. The second-order valence-corrected chi connectivity index (χ2v) is 6.53. The molecule has 0 N–H and O–H groups in total. The van der Waals surface area contributed by atoms with E-state index in [1.165, 1.54) is 5.56 Å². The lowest BCUT2D eigenvalue weighted by Gasteiger charge is -2.25. The summed E-state index contributed by atoms with van der Waals surface area (Å²) in [5.74, 6) is 0. The molecular formula is C14H18BrNO2. The van der Waals surface area contributed by atoms with E-state index in [2.05, 4.69) is 22.0 Å². The molecule has 1 aromatic carbocycles. The van der Waals surface area contributed by atoms with Gasteiger partial charge in [0.2, 0.25) is 0 Å². The summed E-state index contributed by atoms with van der Waals surface area (Å²) in [6.45, 7) is 8.37. The molecule has 2 rings (SSSR count). The third kappa shape index (κ3) is 2.69. The summed E-state index contributed by atoms with van der Waals surface area (Å²) < 4.78 is 6.50. The lowest BCUT2D eigenvalue weighted by Crippen LogP contribution is -2.36. The van der Waals surface area contributed by atoms with Crippen molar-refractivity contribution in [3.8, 4) is 0 Å². The summed E-state index contributed by atoms with van der Waals surface area (Å²) in [7, 11) is 0. The second kappa shape index (κ2) is 4.57. The second-order valence-electron chi connectivity index (χ2n) is 5.61. The van der Waals surface area contributed by atoms with Gasteiger partial charge in [0, 0.05) is 11.0 Å². The van der Waals surface area contributed by atoms with Gasteiger partial charge in [0.05, 0.1) is 5.69 Å². The number of amides is 1. The maximum atomic E-state index is 12.2. The van der Waals surface area contributed by atoms with Crippen LogP contribution in [0.15, 0.2) is 16.6 Å². The predicted molar refractivity (Wildman–Crippen MR) is 76.2 cm³/mol. The minimum atomic E-state index is -0.455. The topological polar surface area (TPSA) is 29.5 Å². The summed E-state index contributed by atoms with van der Waals surface area (Å²) in [5.41, 5.74) is 2.85. The van der Waals surface area contributed by atoms with Gasteiger partial charge in [-0.05, 0) is 57.4 Å². The molecule has 0 aromatic heterocycles. The molecule has 1 aromatic rings. The molecule has 0 aliphatic carbocycles. The number of hydrogen-bond donors (Lipinski definition) is 0. The van der Waals surface area contributed by atoms with Crippen LogP contribution in [0.2, 0.25) is 0 Å². The van der Waals surface area contributed by atoms with E-state index in [-0.39, 0.29) is 6.09 Å². The Kier molecular flexibility index (Phi) is 3.41. The lowest BCUT2D eigenvalue weighted by molar-refractivity contribution is 0.0584. The molecule has 4 heteroatoms. The molecule has 0 saturated heterocycles. The zero-order valence-electron chi connectivity index (χ0n) is 11.2. The smallest absolute Gasteiger partial charge is 0.414 e. The molecule has 1 heterocycles. The van der Waals surface area contributed by atoms with Crippen molar-refractivity contribution in [2.24, 2.45) is 0 Å². The zero-order valence-corrected chi connectivity index (χ0v) is 12.8. The fourth-order valence-electron chi connectivity index (χ4n) is 2.23. The number of hydrogen-bond acceptors (Lipinski definition) is 2. The van der Waals surface area contributed by atoms with E-state index in [1.807, 2.05) is 33.8 Å². The SMILES string of the molecule is Cc1cc(Br)cc2c1N(C(=O)OC(C)(C)C)CC2. The van der Waals surface area contributed by atoms with Crippen molar-refractivity contribution in [2.75, 3.05) is 11.4 Å². The van der Waals surface area contributed by atoms with E-state index < -0.39 is 5.60 Å². The number of benzene rings is 1. The fraction of sp³-hybridized carbons (Fsp3) is 0.500. The highest BCUT2D eigenvalue weighted by molar-refractivity contribution is 9.10. The average Bonchev–Trinajstić information content (AvgIpc) is 2.58. The van der Waals surface area contributed by atoms with E-state index >= 15 is 0 Å². The molecular weight excluding hydrogens is 294 g/mol. The van der Waals surface area contributed by atoms with Crippen molar-refractivity contribution >= 4 is 27.7 Å². The van der Waals surface area contributed by atoms with Crippen LogP contribution in [0.4, 0.5) is 10.5 Å². The summed E-state index contributed by atoms with van der Waals surface area (Å²) in [5, 5.41) is 0. The predicted octanol–water partition coefficient (Wildman–Crippen LogP) is 4.06. The molecule has 1 aliphatic heterocycles. The first kappa shape index (κ1) is 13.4. The largest absolute Gasteiger partial charge is 0.443 e. The molecule has 0 unspecified atom stereocenters. The Morgan fingerprint density at radius 2 is 2.06 bits per heavy atom. The molecule has 0 saturated carbocycles. The van der Waals surface area contributed by atoms with Crippen LogP contribution in [0, 0.1) is 6.92 Å². The third-order valence-corrected chi connectivity index (χ3v) is 3.29. The molecule has 1 amide bonds. The van der Waals surface area contributed by atoms with Gasteiger partial charge in [-0.25, -0.2) is 4.79 Å². The number of halogens is 1. The van der Waals surface area contributed by atoms with Gasteiger partial charge < -0.3 is 4.74 Å². The maximum Gasteiger partial charge on any atom is 0.414 e. The Labute approximate surface area is 116 Å². The van der Waals surface area contributed by atoms with Gasteiger partial charge in [-0.3, -0.25) is 4.90 Å². The van der Waals surface area contributed by atoms with Gasteiger partial charge in [0.15, 0.2) is 0 Å². The molecule has 18 heavy (non-hydrogen) atoms. The molecule has 3 nitrogen and oxygen atoms in total. The molecule has 0 spiro atoms. The van der Waals surface area contributed by atoms with Gasteiger partial charge in [0.25, 0.3) is 0 Å². The Hall–Kier alpha value is -1.03. The van der Waals surface area contributed by atoms with Gasteiger partial charge in [-0.1, -0.05) is 15.9 Å². The zero-order chi connectivity index (χ0) is 13.5. The fourth-order valence-corrected chi connectivity index (χ4v) is 2.85. The summed E-state index contributed by atoms with van der Waals surface area (Å²) in [6.07, 6.45) is 0.626. The van der Waals surface area contributed by atoms with Gasteiger partial charge in [0.1, 0.15) is 5.60 Å². The minimum Gasteiger partial charge on any atom is -0.443 e. The number of anilines is 1. The van der Waals surface area contributed by atoms with E-state index in [0.29, 0.717) is 6.54 Å². The Morgan fingerprint density at radius 1 is 1.39 bits per heavy atom. The quantitative estimate of drug-likeness (QED) is 0.723. The number of rotatable bonds is 0. The number of carbonyl (C=O) groups is 1. The van der Waals surface area contributed by atoms with Crippen LogP contribution in [0.5, 0.6) is 0 Å². The van der Waals surface area contributed by atoms with Gasteiger partial charge in [-0.15, -0.1) is 0 Å². The number of nitrogens with zero attached hydrogens (tertiary/aromatic N) is 1. The first-order valence-corrected chi connectivity index (χ1v) is 6.87. The van der Waals surface area contributed by atoms with Crippen molar-refractivity contribution < 1.29 is 9.53 Å². The number of aryl methyl sites for hydroxylation is 1. The van der Waals surface area contributed by atoms with Gasteiger partial charge >= 0.3 is 6.09 Å². The van der Waals surface area contributed by atoms with Gasteiger partial charge in [-0.2, -0.15) is 0 Å². The van der Waals surface area contributed by atoms with E-state index in [0.717, 1.165) is 22.1 Å². The number of fused-ring (bicyclic) bond motifs is 1. The Bertz CT molecular complexity index is 491. The molecule has 0 bridgehead atoms. The number of ether oxygens (including phenoxy) is 1. The summed E-state index contributed by atoms with van der Waals surface area (Å²) >= 11 is 3.49. The molecule has 0 atom stereocenters. The highest BCUT2D eigenvalue weighted by atomic mass is 79.9. The molecule has 1 aliphatic rings. The number of carbonyl (C=O) groups excluding carboxylic acids is 1. The van der Waals surface area contributed by atoms with Crippen LogP contribution in [-0.4, -0.2) is 18.2 Å². The minimum absolute atomic E-state index is 0.258.